The maximum atomic E-state index is 13.8. The number of para-hydroxylation sites is 1. The molecule has 2 amide bonds. The fraction of sp³-hybridized carbons (Fsp3) is 0.286. The number of rotatable bonds is 9. The minimum Gasteiger partial charge on any atom is -0.493 e. The van der Waals surface area contributed by atoms with Gasteiger partial charge in [-0.3, -0.25) is 9.59 Å². The number of amides is 2. The molecule has 0 saturated carbocycles. The predicted octanol–water partition coefficient (Wildman–Crippen LogP) is 3.16. The third kappa shape index (κ3) is 6.31. The molecule has 0 aliphatic rings. The highest BCUT2D eigenvalue weighted by molar-refractivity contribution is 5.97. The first-order chi connectivity index (χ1) is 14.0. The summed E-state index contributed by atoms with van der Waals surface area (Å²) in [6.07, 6.45) is 0.419. The van der Waals surface area contributed by atoms with E-state index in [0.29, 0.717) is 24.3 Å². The summed E-state index contributed by atoms with van der Waals surface area (Å²) >= 11 is 0. The van der Waals surface area contributed by atoms with E-state index >= 15 is 0 Å². The average molecular weight is 402 g/mol. The normalized spacial score (nSPS) is 10.2. The Labute approximate surface area is 168 Å². The van der Waals surface area contributed by atoms with E-state index in [1.807, 2.05) is 6.92 Å². The van der Waals surface area contributed by atoms with Crippen molar-refractivity contribution in [2.45, 2.75) is 19.8 Å². The highest BCUT2D eigenvalue weighted by Gasteiger charge is 2.13. The standard InChI is InChI=1S/C21H23FN2O5/c1-3-29-18-8-5-4-7-15(18)20(26)23-12-6-9-19(25)24-17-13-14(21(27)28-2)10-11-16(17)22/h4-5,7-8,10-11,13H,3,6,9,12H2,1-2H3,(H,23,26)(H,24,25). The Morgan fingerprint density at radius 2 is 1.86 bits per heavy atom. The Kier molecular flexibility index (Phi) is 8.14. The highest BCUT2D eigenvalue weighted by Crippen LogP contribution is 2.18. The molecule has 2 N–H and O–H groups in total. The van der Waals surface area contributed by atoms with Gasteiger partial charge in [0.15, 0.2) is 0 Å². The zero-order valence-corrected chi connectivity index (χ0v) is 16.3. The van der Waals surface area contributed by atoms with Gasteiger partial charge in [-0.2, -0.15) is 0 Å². The summed E-state index contributed by atoms with van der Waals surface area (Å²) in [6, 6.07) is 10.4. The second-order valence-corrected chi connectivity index (χ2v) is 6.02. The smallest absolute Gasteiger partial charge is 0.337 e. The van der Waals surface area contributed by atoms with Crippen LogP contribution in [0.1, 0.15) is 40.5 Å². The quantitative estimate of drug-likeness (QED) is 0.496. The monoisotopic (exact) mass is 402 g/mol. The van der Waals surface area contributed by atoms with Crippen molar-refractivity contribution in [2.75, 3.05) is 25.6 Å². The van der Waals surface area contributed by atoms with E-state index < -0.39 is 17.7 Å². The predicted molar refractivity (Wildman–Crippen MR) is 106 cm³/mol. The molecule has 0 unspecified atom stereocenters. The number of nitrogens with one attached hydrogen (secondary N) is 2. The number of anilines is 1. The number of hydrogen-bond donors (Lipinski definition) is 2. The van der Waals surface area contributed by atoms with Crippen molar-refractivity contribution in [3.63, 3.8) is 0 Å². The molecule has 0 fully saturated rings. The molecule has 2 aromatic carbocycles. The maximum absolute atomic E-state index is 13.8. The van der Waals surface area contributed by atoms with Crippen molar-refractivity contribution in [1.82, 2.24) is 5.32 Å². The first-order valence-electron chi connectivity index (χ1n) is 9.14. The summed E-state index contributed by atoms with van der Waals surface area (Å²) in [5.74, 6) is -1.53. The molecule has 0 saturated heterocycles. The van der Waals surface area contributed by atoms with Gasteiger partial charge in [0.2, 0.25) is 5.91 Å². The van der Waals surface area contributed by atoms with Crippen molar-refractivity contribution in [3.8, 4) is 5.75 Å². The molecule has 0 radical (unpaired) electrons. The first kappa shape index (κ1) is 21.9. The van der Waals surface area contributed by atoms with Gasteiger partial charge in [0.05, 0.1) is 30.5 Å². The van der Waals surface area contributed by atoms with Crippen LogP contribution in [0.15, 0.2) is 42.5 Å². The van der Waals surface area contributed by atoms with Crippen LogP contribution in [0.5, 0.6) is 5.75 Å². The van der Waals surface area contributed by atoms with Crippen LogP contribution < -0.4 is 15.4 Å². The van der Waals surface area contributed by atoms with Crippen molar-refractivity contribution >= 4 is 23.5 Å². The van der Waals surface area contributed by atoms with Crippen molar-refractivity contribution in [1.29, 1.82) is 0 Å². The number of esters is 1. The number of benzene rings is 2. The van der Waals surface area contributed by atoms with Crippen molar-refractivity contribution in [3.05, 3.63) is 59.4 Å². The van der Waals surface area contributed by atoms with Gasteiger partial charge in [0.25, 0.3) is 5.91 Å². The highest BCUT2D eigenvalue weighted by atomic mass is 19.1. The van der Waals surface area contributed by atoms with Gasteiger partial charge in [-0.15, -0.1) is 0 Å². The summed E-state index contributed by atoms with van der Waals surface area (Å²) < 4.78 is 23.8. The van der Waals surface area contributed by atoms with Crippen molar-refractivity contribution < 1.29 is 28.2 Å². The lowest BCUT2D eigenvalue weighted by molar-refractivity contribution is -0.116. The second-order valence-electron chi connectivity index (χ2n) is 6.02. The molecule has 154 valence electrons. The van der Waals surface area contributed by atoms with E-state index in [9.17, 15) is 18.8 Å². The molecule has 0 aliphatic heterocycles. The fourth-order valence-corrected chi connectivity index (χ4v) is 2.56. The lowest BCUT2D eigenvalue weighted by atomic mass is 10.1. The molecule has 0 heterocycles. The molecular formula is C21H23FN2O5. The minimum absolute atomic E-state index is 0.0648. The third-order valence-electron chi connectivity index (χ3n) is 3.96. The molecule has 0 atom stereocenters. The van der Waals surface area contributed by atoms with Gasteiger partial charge in [0.1, 0.15) is 11.6 Å². The largest absolute Gasteiger partial charge is 0.493 e. The van der Waals surface area contributed by atoms with E-state index in [-0.39, 0.29) is 30.1 Å². The summed E-state index contributed by atoms with van der Waals surface area (Å²) in [4.78, 5) is 35.8. The lowest BCUT2D eigenvalue weighted by Crippen LogP contribution is -2.26. The molecule has 8 heteroatoms. The van der Waals surface area contributed by atoms with Crippen LogP contribution in [0.25, 0.3) is 0 Å². The number of carbonyl (C=O) groups excluding carboxylic acids is 3. The molecule has 29 heavy (non-hydrogen) atoms. The molecule has 2 aromatic rings. The van der Waals surface area contributed by atoms with Crippen LogP contribution in [0.3, 0.4) is 0 Å². The average Bonchev–Trinajstić information content (AvgIpc) is 2.72. The van der Waals surface area contributed by atoms with Gasteiger partial charge in [-0.1, -0.05) is 12.1 Å². The topological polar surface area (TPSA) is 93.7 Å². The van der Waals surface area contributed by atoms with Gasteiger partial charge in [0, 0.05) is 13.0 Å². The van der Waals surface area contributed by atoms with Gasteiger partial charge >= 0.3 is 5.97 Å². The lowest BCUT2D eigenvalue weighted by Gasteiger charge is -2.11. The van der Waals surface area contributed by atoms with Gasteiger partial charge in [-0.05, 0) is 43.7 Å². The molecule has 0 spiro atoms. The van der Waals surface area contributed by atoms with E-state index in [1.54, 1.807) is 24.3 Å². The Balaban J connectivity index is 1.83. The van der Waals surface area contributed by atoms with E-state index in [2.05, 4.69) is 15.4 Å². The Bertz CT molecular complexity index is 885. The zero-order chi connectivity index (χ0) is 21.2. The molecule has 0 aromatic heterocycles. The molecule has 2 rings (SSSR count). The summed E-state index contributed by atoms with van der Waals surface area (Å²) in [6.45, 7) is 2.53. The summed E-state index contributed by atoms with van der Waals surface area (Å²) in [7, 11) is 1.21. The van der Waals surface area contributed by atoms with Crippen LogP contribution >= 0.6 is 0 Å². The van der Waals surface area contributed by atoms with Crippen molar-refractivity contribution in [2.24, 2.45) is 0 Å². The number of carbonyl (C=O) groups is 3. The SMILES string of the molecule is CCOc1ccccc1C(=O)NCCCC(=O)Nc1cc(C(=O)OC)ccc1F. The molecule has 0 aliphatic carbocycles. The van der Waals surface area contributed by atoms with Crippen LogP contribution in [0, 0.1) is 5.82 Å². The maximum Gasteiger partial charge on any atom is 0.337 e. The fourth-order valence-electron chi connectivity index (χ4n) is 2.56. The van der Waals surface area contributed by atoms with E-state index in [1.165, 1.54) is 19.2 Å². The molecule has 0 bridgehead atoms. The summed E-state index contributed by atoms with van der Waals surface area (Å²) in [5.41, 5.74) is 0.442. The first-order valence-corrected chi connectivity index (χ1v) is 9.14. The Morgan fingerprint density at radius 1 is 1.10 bits per heavy atom. The van der Waals surface area contributed by atoms with E-state index in [0.717, 1.165) is 6.07 Å². The van der Waals surface area contributed by atoms with Gasteiger partial charge < -0.3 is 20.1 Å². The summed E-state index contributed by atoms with van der Waals surface area (Å²) in [5, 5.41) is 5.15. The third-order valence-corrected chi connectivity index (χ3v) is 3.96. The van der Waals surface area contributed by atoms with E-state index in [4.69, 9.17) is 4.74 Å². The van der Waals surface area contributed by atoms with Gasteiger partial charge in [-0.25, -0.2) is 9.18 Å². The second kappa shape index (κ2) is 10.8. The Morgan fingerprint density at radius 3 is 2.59 bits per heavy atom. The number of methoxy groups -OCH3 is 1. The number of ether oxygens (including phenoxy) is 2. The number of hydrogen-bond acceptors (Lipinski definition) is 5. The zero-order valence-electron chi connectivity index (χ0n) is 16.3. The molecule has 7 nitrogen and oxygen atoms in total. The van der Waals surface area contributed by atoms with Crippen LogP contribution in [-0.2, 0) is 9.53 Å². The Hall–Kier alpha value is -3.42. The van der Waals surface area contributed by atoms with Crippen LogP contribution in [-0.4, -0.2) is 38.0 Å². The number of halogens is 1. The van der Waals surface area contributed by atoms with Crippen LogP contribution in [0.4, 0.5) is 10.1 Å². The molecular weight excluding hydrogens is 379 g/mol. The minimum atomic E-state index is -0.660. The van der Waals surface area contributed by atoms with Crippen LogP contribution in [0.2, 0.25) is 0 Å².